The van der Waals surface area contributed by atoms with Crippen molar-refractivity contribution in [2.24, 2.45) is 11.8 Å². The van der Waals surface area contributed by atoms with Crippen LogP contribution in [-0.2, 0) is 16.0 Å². The Labute approximate surface area is 167 Å². The van der Waals surface area contributed by atoms with Crippen LogP contribution >= 0.6 is 0 Å². The second kappa shape index (κ2) is 9.05. The van der Waals surface area contributed by atoms with Gasteiger partial charge < -0.3 is 14.8 Å². The molecule has 0 bridgehead atoms. The number of nitrogens with one attached hydrogen (secondary N) is 1. The lowest BCUT2D eigenvalue weighted by molar-refractivity contribution is -0.128. The molecule has 0 aromatic heterocycles. The Balaban J connectivity index is 1.58. The predicted molar refractivity (Wildman–Crippen MR) is 110 cm³/mol. The first kappa shape index (κ1) is 20.1. The third-order valence-corrected chi connectivity index (χ3v) is 5.43. The molecule has 2 aromatic carbocycles. The van der Waals surface area contributed by atoms with Crippen molar-refractivity contribution >= 4 is 11.7 Å². The fourth-order valence-corrected chi connectivity index (χ4v) is 3.50. The smallest absolute Gasteiger partial charge is 0.261 e. The van der Waals surface area contributed by atoms with Gasteiger partial charge in [0.1, 0.15) is 11.5 Å². The Morgan fingerprint density at radius 1 is 1.11 bits per heavy atom. The van der Waals surface area contributed by atoms with Gasteiger partial charge in [0, 0.05) is 6.42 Å². The molecule has 148 valence electrons. The number of ketones is 1. The van der Waals surface area contributed by atoms with Crippen LogP contribution in [0.3, 0.4) is 0 Å². The van der Waals surface area contributed by atoms with Crippen molar-refractivity contribution in [3.05, 3.63) is 65.7 Å². The molecule has 0 heterocycles. The summed E-state index contributed by atoms with van der Waals surface area (Å²) in [6.07, 6.45) is 1.82. The lowest BCUT2D eigenvalue weighted by Gasteiger charge is -2.22. The molecule has 3 rings (SSSR count). The Bertz CT molecular complexity index is 800. The number of amides is 1. The van der Waals surface area contributed by atoms with E-state index in [0.29, 0.717) is 24.0 Å². The summed E-state index contributed by atoms with van der Waals surface area (Å²) < 4.78 is 5.84. The number of hydrogen-bond donors (Lipinski definition) is 1. The van der Waals surface area contributed by atoms with Crippen LogP contribution in [0.4, 0.5) is 0 Å². The van der Waals surface area contributed by atoms with Gasteiger partial charge in [-0.15, -0.1) is 0 Å². The number of aryl methyl sites for hydroxylation is 1. The normalized spacial score (nSPS) is 20.1. The van der Waals surface area contributed by atoms with E-state index < -0.39 is 6.10 Å². The van der Waals surface area contributed by atoms with E-state index in [1.165, 1.54) is 0 Å². The molecule has 1 aliphatic carbocycles. The molecule has 4 nitrogen and oxygen atoms in total. The van der Waals surface area contributed by atoms with Crippen LogP contribution in [0.2, 0.25) is 0 Å². The molecule has 0 radical (unpaired) electrons. The van der Waals surface area contributed by atoms with Gasteiger partial charge in [0.05, 0.1) is 6.04 Å². The van der Waals surface area contributed by atoms with Crippen LogP contribution in [0.5, 0.6) is 5.75 Å². The summed E-state index contributed by atoms with van der Waals surface area (Å²) >= 11 is 0. The maximum atomic E-state index is 12.7. The zero-order valence-corrected chi connectivity index (χ0v) is 16.9. The molecular weight excluding hydrogens is 350 g/mol. The molecule has 4 unspecified atom stereocenters. The van der Waals surface area contributed by atoms with E-state index in [1.54, 1.807) is 13.8 Å². The van der Waals surface area contributed by atoms with E-state index in [1.807, 2.05) is 42.5 Å². The SMILES string of the molecule is CC(=O)CCc1ccc(OC(C)C(=O)NC(c2ccccc2)C2CC2C)cc1. The van der Waals surface area contributed by atoms with E-state index >= 15 is 0 Å². The van der Waals surface area contributed by atoms with E-state index in [9.17, 15) is 9.59 Å². The predicted octanol–water partition coefficient (Wildman–Crippen LogP) is 4.49. The quantitative estimate of drug-likeness (QED) is 0.698. The number of rotatable bonds is 9. The molecule has 4 atom stereocenters. The van der Waals surface area contributed by atoms with Gasteiger partial charge in [-0.2, -0.15) is 0 Å². The van der Waals surface area contributed by atoms with E-state index in [-0.39, 0.29) is 17.7 Å². The third-order valence-electron chi connectivity index (χ3n) is 5.43. The van der Waals surface area contributed by atoms with Crippen LogP contribution in [0.25, 0.3) is 0 Å². The maximum absolute atomic E-state index is 12.7. The van der Waals surface area contributed by atoms with Gasteiger partial charge in [-0.05, 0) is 61.8 Å². The lowest BCUT2D eigenvalue weighted by Crippen LogP contribution is -2.39. The van der Waals surface area contributed by atoms with Gasteiger partial charge in [-0.3, -0.25) is 4.79 Å². The Morgan fingerprint density at radius 3 is 2.32 bits per heavy atom. The van der Waals surface area contributed by atoms with Crippen LogP contribution in [0.1, 0.15) is 50.8 Å². The number of benzene rings is 2. The number of ether oxygens (including phenoxy) is 1. The van der Waals surface area contributed by atoms with Crippen LogP contribution < -0.4 is 10.1 Å². The summed E-state index contributed by atoms with van der Waals surface area (Å²) in [4.78, 5) is 23.8. The standard InChI is InChI=1S/C24H29NO3/c1-16-15-22(16)23(20-7-5-4-6-8-20)25-24(27)18(3)28-21-13-11-19(12-14-21)10-9-17(2)26/h4-8,11-14,16,18,22-23H,9-10,15H2,1-3H3,(H,25,27). The number of hydrogen-bond acceptors (Lipinski definition) is 3. The zero-order chi connectivity index (χ0) is 20.1. The highest BCUT2D eigenvalue weighted by molar-refractivity contribution is 5.81. The molecule has 0 spiro atoms. The average Bonchev–Trinajstić information content (AvgIpc) is 3.42. The van der Waals surface area contributed by atoms with E-state index in [4.69, 9.17) is 4.74 Å². The first-order chi connectivity index (χ1) is 13.4. The lowest BCUT2D eigenvalue weighted by atomic mass is 10.0. The monoisotopic (exact) mass is 379 g/mol. The molecule has 1 N–H and O–H groups in total. The molecular formula is C24H29NO3. The molecule has 2 aromatic rings. The van der Waals surface area contributed by atoms with Gasteiger partial charge in [-0.25, -0.2) is 0 Å². The minimum Gasteiger partial charge on any atom is -0.481 e. The summed E-state index contributed by atoms with van der Waals surface area (Å²) in [5, 5.41) is 3.19. The van der Waals surface area contributed by atoms with Crippen molar-refractivity contribution < 1.29 is 14.3 Å². The van der Waals surface area contributed by atoms with Gasteiger partial charge in [0.2, 0.25) is 0 Å². The fraction of sp³-hybridized carbons (Fsp3) is 0.417. The first-order valence-corrected chi connectivity index (χ1v) is 10.0. The van der Waals surface area contributed by atoms with Crippen LogP contribution in [0.15, 0.2) is 54.6 Å². The van der Waals surface area contributed by atoms with Crippen molar-refractivity contribution in [1.82, 2.24) is 5.32 Å². The molecule has 0 aliphatic heterocycles. The molecule has 1 aliphatic rings. The van der Waals surface area contributed by atoms with Crippen LogP contribution in [0, 0.1) is 11.8 Å². The minimum absolute atomic E-state index is 0.0312. The van der Waals surface area contributed by atoms with Crippen molar-refractivity contribution in [2.75, 3.05) is 0 Å². The summed E-state index contributed by atoms with van der Waals surface area (Å²) in [7, 11) is 0. The van der Waals surface area contributed by atoms with Crippen molar-refractivity contribution in [3.8, 4) is 5.75 Å². The number of carbonyl (C=O) groups is 2. The second-order valence-corrected chi connectivity index (χ2v) is 7.88. The minimum atomic E-state index is -0.580. The highest BCUT2D eigenvalue weighted by Crippen LogP contribution is 2.46. The van der Waals surface area contributed by atoms with E-state index in [0.717, 1.165) is 24.0 Å². The topological polar surface area (TPSA) is 55.4 Å². The average molecular weight is 380 g/mol. The number of Topliss-reactive ketones (excluding diaryl/α,β-unsaturated/α-hetero) is 1. The molecule has 28 heavy (non-hydrogen) atoms. The van der Waals surface area contributed by atoms with Gasteiger partial charge in [-0.1, -0.05) is 49.4 Å². The Morgan fingerprint density at radius 2 is 1.75 bits per heavy atom. The van der Waals surface area contributed by atoms with Gasteiger partial charge >= 0.3 is 0 Å². The zero-order valence-electron chi connectivity index (χ0n) is 16.9. The summed E-state index contributed by atoms with van der Waals surface area (Å²) in [6, 6.07) is 17.8. The molecule has 1 fully saturated rings. The molecule has 1 saturated carbocycles. The Kier molecular flexibility index (Phi) is 6.50. The van der Waals surface area contributed by atoms with Gasteiger partial charge in [0.15, 0.2) is 6.10 Å². The van der Waals surface area contributed by atoms with Crippen molar-refractivity contribution in [3.63, 3.8) is 0 Å². The molecule has 1 amide bonds. The van der Waals surface area contributed by atoms with E-state index in [2.05, 4.69) is 24.4 Å². The molecule has 0 saturated heterocycles. The van der Waals surface area contributed by atoms with Crippen molar-refractivity contribution in [1.29, 1.82) is 0 Å². The summed E-state index contributed by atoms with van der Waals surface area (Å²) in [5.74, 6) is 1.85. The maximum Gasteiger partial charge on any atom is 0.261 e. The van der Waals surface area contributed by atoms with Crippen molar-refractivity contribution in [2.45, 2.75) is 52.2 Å². The number of carbonyl (C=O) groups excluding carboxylic acids is 2. The van der Waals surface area contributed by atoms with Gasteiger partial charge in [0.25, 0.3) is 5.91 Å². The summed E-state index contributed by atoms with van der Waals surface area (Å²) in [6.45, 7) is 5.60. The van der Waals surface area contributed by atoms with Crippen LogP contribution in [-0.4, -0.2) is 17.8 Å². The highest BCUT2D eigenvalue weighted by atomic mass is 16.5. The summed E-state index contributed by atoms with van der Waals surface area (Å²) in [5.41, 5.74) is 2.23. The molecule has 4 heteroatoms. The first-order valence-electron chi connectivity index (χ1n) is 10.0. The largest absolute Gasteiger partial charge is 0.481 e. The Hall–Kier alpha value is -2.62. The third kappa shape index (κ3) is 5.44. The second-order valence-electron chi connectivity index (χ2n) is 7.88. The highest BCUT2D eigenvalue weighted by Gasteiger charge is 2.41. The fourth-order valence-electron chi connectivity index (χ4n) is 3.50.